The van der Waals surface area contributed by atoms with E-state index in [1.165, 1.54) is 4.80 Å². The smallest absolute Gasteiger partial charge is 0.311 e. The van der Waals surface area contributed by atoms with Crippen molar-refractivity contribution < 1.29 is 14.7 Å². The quantitative estimate of drug-likeness (QED) is 0.905. The molecule has 126 valence electrons. The molecule has 2 aromatic rings. The molecule has 1 aromatic heterocycles. The van der Waals surface area contributed by atoms with Gasteiger partial charge in [0.25, 0.3) is 0 Å². The number of aromatic nitrogens is 4. The predicted octanol–water partition coefficient (Wildman–Crippen LogP) is 1.22. The maximum Gasteiger partial charge on any atom is 0.311 e. The van der Waals surface area contributed by atoms with Crippen LogP contribution in [0, 0.1) is 5.41 Å². The summed E-state index contributed by atoms with van der Waals surface area (Å²) in [4.78, 5) is 26.8. The van der Waals surface area contributed by atoms with Crippen molar-refractivity contribution in [1.29, 1.82) is 0 Å². The summed E-state index contributed by atoms with van der Waals surface area (Å²) in [5.41, 5.74) is -0.0663. The van der Waals surface area contributed by atoms with Crippen LogP contribution in [0.1, 0.15) is 26.3 Å². The first-order chi connectivity index (χ1) is 11.4. The molecule has 1 saturated heterocycles. The fourth-order valence-electron chi connectivity index (χ4n) is 2.78. The molecular formula is C16H19N5O3. The number of carboxylic acid groups (broad SMARTS) is 1. The molecule has 0 spiro atoms. The van der Waals surface area contributed by atoms with Crippen molar-refractivity contribution in [3.63, 3.8) is 0 Å². The van der Waals surface area contributed by atoms with Crippen molar-refractivity contribution in [1.82, 2.24) is 25.1 Å². The van der Waals surface area contributed by atoms with Gasteiger partial charge in [-0.25, -0.2) is 0 Å². The lowest BCUT2D eigenvalue weighted by molar-refractivity contribution is -0.147. The van der Waals surface area contributed by atoms with Gasteiger partial charge in [-0.3, -0.25) is 9.59 Å². The molecule has 1 aromatic carbocycles. The minimum atomic E-state index is -0.889. The third kappa shape index (κ3) is 2.86. The second kappa shape index (κ2) is 6.03. The molecule has 3 rings (SSSR count). The summed E-state index contributed by atoms with van der Waals surface area (Å²) in [7, 11) is 0. The fourth-order valence-corrected chi connectivity index (χ4v) is 2.78. The van der Waals surface area contributed by atoms with Gasteiger partial charge >= 0.3 is 5.97 Å². The van der Waals surface area contributed by atoms with Crippen LogP contribution in [0.3, 0.4) is 0 Å². The van der Waals surface area contributed by atoms with Gasteiger partial charge in [-0.05, 0) is 25.5 Å². The van der Waals surface area contributed by atoms with Crippen LogP contribution < -0.4 is 0 Å². The summed E-state index contributed by atoms with van der Waals surface area (Å²) in [6.07, 6.45) is 0.445. The molecule has 1 aliphatic heterocycles. The van der Waals surface area contributed by atoms with Crippen LogP contribution in [0.25, 0.3) is 11.4 Å². The maximum absolute atomic E-state index is 12.6. The van der Waals surface area contributed by atoms with Crippen molar-refractivity contribution in [2.75, 3.05) is 13.1 Å². The van der Waals surface area contributed by atoms with E-state index in [2.05, 4.69) is 15.4 Å². The van der Waals surface area contributed by atoms with Crippen molar-refractivity contribution >= 4 is 11.9 Å². The Kier molecular flexibility index (Phi) is 4.04. The van der Waals surface area contributed by atoms with Gasteiger partial charge in [-0.15, -0.1) is 10.2 Å². The minimum absolute atomic E-state index is 0.197. The molecule has 24 heavy (non-hydrogen) atoms. The van der Waals surface area contributed by atoms with Gasteiger partial charge in [0.1, 0.15) is 6.04 Å². The zero-order valence-electron chi connectivity index (χ0n) is 13.6. The van der Waals surface area contributed by atoms with Gasteiger partial charge in [0.05, 0.1) is 5.41 Å². The first-order valence-corrected chi connectivity index (χ1v) is 7.78. The van der Waals surface area contributed by atoms with E-state index in [0.29, 0.717) is 18.8 Å². The molecule has 8 nitrogen and oxygen atoms in total. The Balaban J connectivity index is 1.73. The van der Waals surface area contributed by atoms with Crippen molar-refractivity contribution in [2.45, 2.75) is 26.3 Å². The SMILES string of the molecule is C[C@@H](C(=O)N1CC[C@@](C)(C(=O)O)C1)n1nnc(-c2ccccc2)n1. The Morgan fingerprint density at radius 1 is 1.29 bits per heavy atom. The Labute approximate surface area is 139 Å². The lowest BCUT2D eigenvalue weighted by Gasteiger charge is -2.22. The van der Waals surface area contributed by atoms with Gasteiger partial charge in [0.2, 0.25) is 11.7 Å². The Morgan fingerprint density at radius 3 is 2.62 bits per heavy atom. The van der Waals surface area contributed by atoms with E-state index in [0.717, 1.165) is 5.56 Å². The highest BCUT2D eigenvalue weighted by Crippen LogP contribution is 2.31. The topological polar surface area (TPSA) is 101 Å². The maximum atomic E-state index is 12.6. The summed E-state index contributed by atoms with van der Waals surface area (Å²) < 4.78 is 0. The van der Waals surface area contributed by atoms with Crippen LogP contribution in [-0.4, -0.2) is 55.2 Å². The van der Waals surface area contributed by atoms with Gasteiger partial charge in [-0.1, -0.05) is 30.3 Å². The summed E-state index contributed by atoms with van der Waals surface area (Å²) in [6, 6.07) is 8.75. The summed E-state index contributed by atoms with van der Waals surface area (Å²) >= 11 is 0. The zero-order chi connectivity index (χ0) is 17.3. The highest BCUT2D eigenvalue weighted by Gasteiger charge is 2.43. The molecule has 0 saturated carbocycles. The van der Waals surface area contributed by atoms with Crippen LogP contribution in [0.4, 0.5) is 0 Å². The van der Waals surface area contributed by atoms with Crippen LogP contribution in [-0.2, 0) is 9.59 Å². The van der Waals surface area contributed by atoms with E-state index < -0.39 is 17.4 Å². The Morgan fingerprint density at radius 2 is 2.00 bits per heavy atom. The van der Waals surface area contributed by atoms with E-state index in [-0.39, 0.29) is 12.5 Å². The molecular weight excluding hydrogens is 310 g/mol. The normalized spacial score (nSPS) is 21.7. The highest BCUT2D eigenvalue weighted by molar-refractivity contribution is 5.82. The molecule has 2 heterocycles. The third-order valence-corrected chi connectivity index (χ3v) is 4.47. The average Bonchev–Trinajstić information content (AvgIpc) is 3.22. The molecule has 0 unspecified atom stereocenters. The standard InChI is InChI=1S/C16H19N5O3/c1-11(14(22)20-9-8-16(2,10-20)15(23)24)21-18-13(17-19-21)12-6-4-3-5-7-12/h3-7,11H,8-10H2,1-2H3,(H,23,24)/t11-,16+/m0/s1. The second-order valence-corrected chi connectivity index (χ2v) is 6.35. The van der Waals surface area contributed by atoms with Crippen molar-refractivity contribution in [2.24, 2.45) is 5.41 Å². The number of rotatable bonds is 4. The van der Waals surface area contributed by atoms with Gasteiger partial charge in [0.15, 0.2) is 0 Å². The Bertz CT molecular complexity index is 760. The van der Waals surface area contributed by atoms with Crippen LogP contribution >= 0.6 is 0 Å². The van der Waals surface area contributed by atoms with Gasteiger partial charge < -0.3 is 10.0 Å². The summed E-state index contributed by atoms with van der Waals surface area (Å²) in [5.74, 6) is -0.625. The lowest BCUT2D eigenvalue weighted by atomic mass is 9.90. The van der Waals surface area contributed by atoms with Crippen molar-refractivity contribution in [3.8, 4) is 11.4 Å². The van der Waals surface area contributed by atoms with Crippen LogP contribution in [0.2, 0.25) is 0 Å². The number of carbonyl (C=O) groups excluding carboxylic acids is 1. The van der Waals surface area contributed by atoms with Gasteiger partial charge in [-0.2, -0.15) is 4.80 Å². The number of hydrogen-bond donors (Lipinski definition) is 1. The van der Waals surface area contributed by atoms with Gasteiger partial charge in [0, 0.05) is 18.7 Å². The molecule has 1 amide bonds. The zero-order valence-corrected chi connectivity index (χ0v) is 13.6. The number of aliphatic carboxylic acids is 1. The van der Waals surface area contributed by atoms with E-state index in [9.17, 15) is 14.7 Å². The fraction of sp³-hybridized carbons (Fsp3) is 0.438. The average molecular weight is 329 g/mol. The van der Waals surface area contributed by atoms with E-state index >= 15 is 0 Å². The largest absolute Gasteiger partial charge is 0.481 e. The number of amides is 1. The number of carboxylic acids is 1. The number of nitrogens with zero attached hydrogens (tertiary/aromatic N) is 5. The minimum Gasteiger partial charge on any atom is -0.481 e. The molecule has 0 radical (unpaired) electrons. The lowest BCUT2D eigenvalue weighted by Crippen LogP contribution is -2.38. The number of benzene rings is 1. The number of tetrazole rings is 1. The number of carbonyl (C=O) groups is 2. The summed E-state index contributed by atoms with van der Waals surface area (Å²) in [5, 5.41) is 21.5. The van der Waals surface area contributed by atoms with E-state index in [1.54, 1.807) is 18.7 Å². The number of likely N-dealkylation sites (tertiary alicyclic amines) is 1. The summed E-state index contributed by atoms with van der Waals surface area (Å²) in [6.45, 7) is 3.97. The molecule has 0 bridgehead atoms. The second-order valence-electron chi connectivity index (χ2n) is 6.35. The van der Waals surface area contributed by atoms with E-state index in [1.807, 2.05) is 30.3 Å². The molecule has 1 fully saturated rings. The third-order valence-electron chi connectivity index (χ3n) is 4.47. The van der Waals surface area contributed by atoms with Crippen LogP contribution in [0.15, 0.2) is 30.3 Å². The molecule has 0 aliphatic carbocycles. The molecule has 2 atom stereocenters. The molecule has 1 N–H and O–H groups in total. The first-order valence-electron chi connectivity index (χ1n) is 7.78. The molecule has 1 aliphatic rings. The first kappa shape index (κ1) is 16.1. The monoisotopic (exact) mass is 329 g/mol. The Hall–Kier alpha value is -2.77. The van der Waals surface area contributed by atoms with Crippen molar-refractivity contribution in [3.05, 3.63) is 30.3 Å². The highest BCUT2D eigenvalue weighted by atomic mass is 16.4. The van der Waals surface area contributed by atoms with E-state index in [4.69, 9.17) is 0 Å². The predicted molar refractivity (Wildman–Crippen MR) is 84.9 cm³/mol. The molecule has 8 heteroatoms. The van der Waals surface area contributed by atoms with Crippen LogP contribution in [0.5, 0.6) is 0 Å². The number of hydrogen-bond acceptors (Lipinski definition) is 5.